The second kappa shape index (κ2) is 3.30. The molecule has 2 heterocycles. The first kappa shape index (κ1) is 10.1. The van der Waals surface area contributed by atoms with Crippen molar-refractivity contribution in [2.75, 3.05) is 0 Å². The van der Waals surface area contributed by atoms with Gasteiger partial charge in [-0.1, -0.05) is 0 Å². The van der Waals surface area contributed by atoms with E-state index >= 15 is 0 Å². The number of nitrogens with zero attached hydrogens (tertiary/aromatic N) is 3. The van der Waals surface area contributed by atoms with Gasteiger partial charge < -0.3 is 5.11 Å². The summed E-state index contributed by atoms with van der Waals surface area (Å²) in [5.74, 6) is -1.01. The summed E-state index contributed by atoms with van der Waals surface area (Å²) in [4.78, 5) is 15.2. The van der Waals surface area contributed by atoms with Gasteiger partial charge in [0.05, 0.1) is 10.2 Å². The molecule has 0 spiro atoms. The molecule has 0 unspecified atom stereocenters. The molecule has 0 fully saturated rings. The average molecular weight is 270 g/mol. The van der Waals surface area contributed by atoms with Crippen LogP contribution in [0.25, 0.3) is 5.65 Å². The van der Waals surface area contributed by atoms with Gasteiger partial charge in [-0.3, -0.25) is 0 Å². The maximum atomic E-state index is 11.0. The van der Waals surface area contributed by atoms with E-state index in [4.69, 9.17) is 5.11 Å². The van der Waals surface area contributed by atoms with Gasteiger partial charge >= 0.3 is 5.97 Å². The minimum atomic E-state index is -1.01. The van der Waals surface area contributed by atoms with Crippen molar-refractivity contribution < 1.29 is 9.90 Å². The first-order chi connectivity index (χ1) is 7.00. The van der Waals surface area contributed by atoms with Crippen molar-refractivity contribution in [3.8, 4) is 0 Å². The predicted octanol–water partition coefficient (Wildman–Crippen LogP) is 1.81. The number of carbonyl (C=O) groups is 1. The van der Waals surface area contributed by atoms with Gasteiger partial charge in [0.15, 0.2) is 11.3 Å². The standard InChI is InChI=1S/C9H8BrN3O2/c1-4-3-6(9(14)15)13-8(11-4)7(10)5(2)12-13/h3H,1-2H3,(H,14,15). The molecule has 6 heteroatoms. The minimum Gasteiger partial charge on any atom is -0.477 e. The number of aromatic nitrogens is 3. The van der Waals surface area contributed by atoms with Crippen molar-refractivity contribution in [3.05, 3.63) is 27.6 Å². The normalized spacial score (nSPS) is 10.9. The van der Waals surface area contributed by atoms with E-state index in [0.717, 1.165) is 10.2 Å². The number of aryl methyl sites for hydroxylation is 2. The topological polar surface area (TPSA) is 67.5 Å². The average Bonchev–Trinajstić information content (AvgIpc) is 2.43. The molecular weight excluding hydrogens is 262 g/mol. The number of halogens is 1. The van der Waals surface area contributed by atoms with Gasteiger partial charge in [-0.25, -0.2) is 14.3 Å². The maximum absolute atomic E-state index is 11.0. The van der Waals surface area contributed by atoms with Crippen LogP contribution < -0.4 is 0 Å². The van der Waals surface area contributed by atoms with E-state index < -0.39 is 5.97 Å². The fourth-order valence-electron chi connectivity index (χ4n) is 1.37. The summed E-state index contributed by atoms with van der Waals surface area (Å²) < 4.78 is 2.06. The van der Waals surface area contributed by atoms with Crippen LogP contribution in [-0.4, -0.2) is 25.7 Å². The number of carboxylic acids is 1. The second-order valence-electron chi connectivity index (χ2n) is 3.22. The number of carboxylic acid groups (broad SMARTS) is 1. The maximum Gasteiger partial charge on any atom is 0.354 e. The molecule has 0 aromatic carbocycles. The van der Waals surface area contributed by atoms with Gasteiger partial charge in [0.2, 0.25) is 0 Å². The summed E-state index contributed by atoms with van der Waals surface area (Å²) >= 11 is 3.33. The Hall–Kier alpha value is -1.43. The molecule has 15 heavy (non-hydrogen) atoms. The molecule has 0 aliphatic heterocycles. The fraction of sp³-hybridized carbons (Fsp3) is 0.222. The third kappa shape index (κ3) is 1.50. The summed E-state index contributed by atoms with van der Waals surface area (Å²) in [6.07, 6.45) is 0. The summed E-state index contributed by atoms with van der Waals surface area (Å²) in [5.41, 5.74) is 2.02. The quantitative estimate of drug-likeness (QED) is 0.858. The molecule has 2 aromatic heterocycles. The van der Waals surface area contributed by atoms with Gasteiger partial charge in [0.25, 0.3) is 0 Å². The van der Waals surface area contributed by atoms with E-state index in [1.165, 1.54) is 10.6 Å². The first-order valence-corrected chi connectivity index (χ1v) is 5.06. The zero-order valence-electron chi connectivity index (χ0n) is 8.15. The molecule has 78 valence electrons. The van der Waals surface area contributed by atoms with E-state index in [0.29, 0.717) is 11.3 Å². The molecule has 0 amide bonds. The Morgan fingerprint density at radius 3 is 2.80 bits per heavy atom. The molecule has 0 aliphatic rings. The SMILES string of the molecule is Cc1cc(C(=O)O)n2nc(C)c(Br)c2n1. The van der Waals surface area contributed by atoms with Crippen LogP contribution in [0.2, 0.25) is 0 Å². The lowest BCUT2D eigenvalue weighted by Gasteiger charge is -2.00. The lowest BCUT2D eigenvalue weighted by Crippen LogP contribution is -2.08. The van der Waals surface area contributed by atoms with Crippen molar-refractivity contribution in [2.24, 2.45) is 0 Å². The monoisotopic (exact) mass is 269 g/mol. The molecule has 0 saturated heterocycles. The highest BCUT2D eigenvalue weighted by molar-refractivity contribution is 9.10. The van der Waals surface area contributed by atoms with Crippen LogP contribution >= 0.6 is 15.9 Å². The van der Waals surface area contributed by atoms with Crippen LogP contribution in [0, 0.1) is 13.8 Å². The van der Waals surface area contributed by atoms with Crippen LogP contribution in [-0.2, 0) is 0 Å². The van der Waals surface area contributed by atoms with Crippen LogP contribution in [0.5, 0.6) is 0 Å². The summed E-state index contributed by atoms with van der Waals surface area (Å²) in [5, 5.41) is 13.1. The van der Waals surface area contributed by atoms with Crippen molar-refractivity contribution in [3.63, 3.8) is 0 Å². The Labute approximate surface area is 93.9 Å². The lowest BCUT2D eigenvalue weighted by atomic mass is 10.3. The van der Waals surface area contributed by atoms with E-state index in [1.54, 1.807) is 13.8 Å². The van der Waals surface area contributed by atoms with E-state index in [2.05, 4.69) is 26.0 Å². The van der Waals surface area contributed by atoms with E-state index in [9.17, 15) is 4.79 Å². The molecule has 2 aromatic rings. The zero-order valence-corrected chi connectivity index (χ0v) is 9.74. The Bertz CT molecular complexity index is 562. The van der Waals surface area contributed by atoms with Gasteiger partial charge in [-0.2, -0.15) is 5.10 Å². The predicted molar refractivity (Wildman–Crippen MR) is 57.1 cm³/mol. The number of fused-ring (bicyclic) bond motifs is 1. The Morgan fingerprint density at radius 1 is 1.53 bits per heavy atom. The summed E-state index contributed by atoms with van der Waals surface area (Å²) in [6.45, 7) is 3.54. The number of aromatic carboxylic acids is 1. The zero-order chi connectivity index (χ0) is 11.2. The number of hydrogen-bond acceptors (Lipinski definition) is 3. The van der Waals surface area contributed by atoms with Crippen LogP contribution in [0.15, 0.2) is 10.5 Å². The molecule has 0 atom stereocenters. The van der Waals surface area contributed by atoms with Crippen LogP contribution in [0.3, 0.4) is 0 Å². The molecule has 1 N–H and O–H groups in total. The largest absolute Gasteiger partial charge is 0.477 e. The summed E-state index contributed by atoms with van der Waals surface area (Å²) in [7, 11) is 0. The summed E-state index contributed by atoms with van der Waals surface area (Å²) in [6, 6.07) is 1.49. The molecule has 0 radical (unpaired) electrons. The third-order valence-electron chi connectivity index (χ3n) is 2.04. The van der Waals surface area contributed by atoms with Crippen molar-refractivity contribution in [1.82, 2.24) is 14.6 Å². The molecule has 0 saturated carbocycles. The van der Waals surface area contributed by atoms with Gasteiger partial charge in [-0.05, 0) is 35.8 Å². The van der Waals surface area contributed by atoms with Crippen molar-refractivity contribution >= 4 is 27.5 Å². The Balaban J connectivity index is 2.92. The Kier molecular flexibility index (Phi) is 2.22. The molecule has 2 rings (SSSR count). The third-order valence-corrected chi connectivity index (χ3v) is 2.97. The lowest BCUT2D eigenvalue weighted by molar-refractivity contribution is 0.0687. The van der Waals surface area contributed by atoms with Gasteiger partial charge in [0, 0.05) is 5.69 Å². The smallest absolute Gasteiger partial charge is 0.354 e. The Morgan fingerprint density at radius 2 is 2.20 bits per heavy atom. The minimum absolute atomic E-state index is 0.117. The second-order valence-corrected chi connectivity index (χ2v) is 4.02. The van der Waals surface area contributed by atoms with E-state index in [1.807, 2.05) is 0 Å². The van der Waals surface area contributed by atoms with Crippen molar-refractivity contribution in [2.45, 2.75) is 13.8 Å². The van der Waals surface area contributed by atoms with E-state index in [-0.39, 0.29) is 5.69 Å². The fourth-order valence-corrected chi connectivity index (χ4v) is 1.71. The van der Waals surface area contributed by atoms with Gasteiger partial charge in [0.1, 0.15) is 0 Å². The number of hydrogen-bond donors (Lipinski definition) is 1. The van der Waals surface area contributed by atoms with Crippen LogP contribution in [0.1, 0.15) is 21.9 Å². The highest BCUT2D eigenvalue weighted by Gasteiger charge is 2.15. The molecule has 0 bridgehead atoms. The highest BCUT2D eigenvalue weighted by Crippen LogP contribution is 2.21. The molecule has 0 aliphatic carbocycles. The van der Waals surface area contributed by atoms with Crippen LogP contribution in [0.4, 0.5) is 0 Å². The first-order valence-electron chi connectivity index (χ1n) is 4.26. The van der Waals surface area contributed by atoms with Gasteiger partial charge in [-0.15, -0.1) is 0 Å². The highest BCUT2D eigenvalue weighted by atomic mass is 79.9. The molecule has 5 nitrogen and oxygen atoms in total. The number of rotatable bonds is 1. The molecular formula is C9H8BrN3O2. The van der Waals surface area contributed by atoms with Crippen molar-refractivity contribution in [1.29, 1.82) is 0 Å².